The quantitative estimate of drug-likeness (QED) is 0.239. The van der Waals surface area contributed by atoms with E-state index in [1.165, 1.54) is 12.7 Å². The zero-order chi connectivity index (χ0) is 15.1. The Labute approximate surface area is 118 Å². The van der Waals surface area contributed by atoms with Crippen molar-refractivity contribution < 1.29 is 14.3 Å². The minimum absolute atomic E-state index is 0.106. The molecular formula is C10H12N8O3. The summed E-state index contributed by atoms with van der Waals surface area (Å²) < 4.78 is 4.81. The second-order valence-corrected chi connectivity index (χ2v) is 3.55. The summed E-state index contributed by atoms with van der Waals surface area (Å²) in [6.07, 6.45) is 3.65. The Kier molecular flexibility index (Phi) is 4.58. The van der Waals surface area contributed by atoms with Crippen molar-refractivity contribution in [2.75, 3.05) is 17.2 Å². The number of hydrogen-bond donors (Lipinski definition) is 4. The summed E-state index contributed by atoms with van der Waals surface area (Å²) in [6, 6.07) is 0. The van der Waals surface area contributed by atoms with E-state index in [2.05, 4.69) is 41.0 Å². The highest BCUT2D eigenvalue weighted by Gasteiger charge is 2.20. The lowest BCUT2D eigenvalue weighted by atomic mass is 10.2. The fraction of sp³-hybridized carbons (Fsp3) is 0.200. The SMILES string of the molecule is CCOC(=O)/C(=C\Nc1ncn[nH]1)C(=O)Nc1ncn[nH]1. The molecule has 0 saturated heterocycles. The largest absolute Gasteiger partial charge is 0.462 e. The first-order chi connectivity index (χ1) is 10.2. The first-order valence-corrected chi connectivity index (χ1v) is 5.86. The highest BCUT2D eigenvalue weighted by atomic mass is 16.5. The summed E-state index contributed by atoms with van der Waals surface area (Å²) in [4.78, 5) is 31.3. The van der Waals surface area contributed by atoms with E-state index in [1.54, 1.807) is 6.92 Å². The number of H-pyrrole nitrogens is 2. The molecule has 0 unspecified atom stereocenters. The van der Waals surface area contributed by atoms with Gasteiger partial charge in [0, 0.05) is 6.20 Å². The first kappa shape index (κ1) is 14.2. The minimum atomic E-state index is -0.790. The Morgan fingerprint density at radius 1 is 1.24 bits per heavy atom. The molecule has 0 aromatic carbocycles. The maximum absolute atomic E-state index is 12.0. The van der Waals surface area contributed by atoms with E-state index >= 15 is 0 Å². The maximum atomic E-state index is 12.0. The van der Waals surface area contributed by atoms with Crippen LogP contribution in [-0.4, -0.2) is 48.8 Å². The molecule has 0 spiro atoms. The van der Waals surface area contributed by atoms with Gasteiger partial charge in [-0.3, -0.25) is 10.1 Å². The molecular weight excluding hydrogens is 280 g/mol. The average Bonchev–Trinajstić information content (AvgIpc) is 3.12. The van der Waals surface area contributed by atoms with Crippen molar-refractivity contribution in [3.05, 3.63) is 24.4 Å². The number of rotatable bonds is 6. The topological polar surface area (TPSA) is 151 Å². The van der Waals surface area contributed by atoms with Gasteiger partial charge < -0.3 is 10.1 Å². The molecule has 11 nitrogen and oxygen atoms in total. The molecule has 2 heterocycles. The molecule has 21 heavy (non-hydrogen) atoms. The van der Waals surface area contributed by atoms with E-state index in [0.29, 0.717) is 0 Å². The summed E-state index contributed by atoms with van der Waals surface area (Å²) >= 11 is 0. The van der Waals surface area contributed by atoms with Crippen LogP contribution < -0.4 is 10.6 Å². The minimum Gasteiger partial charge on any atom is -0.462 e. The van der Waals surface area contributed by atoms with Crippen molar-refractivity contribution in [3.8, 4) is 0 Å². The highest BCUT2D eigenvalue weighted by Crippen LogP contribution is 2.05. The second kappa shape index (κ2) is 6.79. The van der Waals surface area contributed by atoms with Gasteiger partial charge in [0.15, 0.2) is 0 Å². The van der Waals surface area contributed by atoms with Gasteiger partial charge in [0.2, 0.25) is 11.9 Å². The number of ether oxygens (including phenoxy) is 1. The summed E-state index contributed by atoms with van der Waals surface area (Å²) in [5, 5.41) is 17.2. The van der Waals surface area contributed by atoms with Crippen LogP contribution in [0.4, 0.5) is 11.9 Å². The summed E-state index contributed by atoms with van der Waals surface area (Å²) in [5.74, 6) is -1.13. The number of esters is 1. The molecule has 0 saturated carbocycles. The summed E-state index contributed by atoms with van der Waals surface area (Å²) in [7, 11) is 0. The van der Waals surface area contributed by atoms with Gasteiger partial charge in [0.1, 0.15) is 18.2 Å². The normalized spacial score (nSPS) is 11.0. The first-order valence-electron chi connectivity index (χ1n) is 5.86. The zero-order valence-electron chi connectivity index (χ0n) is 11.0. The van der Waals surface area contributed by atoms with Gasteiger partial charge in [-0.25, -0.2) is 15.0 Å². The predicted octanol–water partition coefficient (Wildman–Crippen LogP) is -0.580. The number of aromatic amines is 2. The maximum Gasteiger partial charge on any atom is 0.345 e. The van der Waals surface area contributed by atoms with Gasteiger partial charge in [0.05, 0.1) is 6.61 Å². The molecule has 0 fully saturated rings. The Hall–Kier alpha value is -3.24. The van der Waals surface area contributed by atoms with Crippen molar-refractivity contribution in [2.45, 2.75) is 6.92 Å². The molecule has 0 aliphatic carbocycles. The van der Waals surface area contributed by atoms with Gasteiger partial charge in [0.25, 0.3) is 5.91 Å². The third kappa shape index (κ3) is 3.86. The van der Waals surface area contributed by atoms with E-state index in [9.17, 15) is 9.59 Å². The van der Waals surface area contributed by atoms with E-state index in [1.807, 2.05) is 0 Å². The van der Waals surface area contributed by atoms with Crippen molar-refractivity contribution in [2.24, 2.45) is 0 Å². The molecule has 0 bridgehead atoms. The summed E-state index contributed by atoms with van der Waals surface area (Å²) in [5.41, 5.74) is -0.260. The Bertz CT molecular complexity index is 619. The van der Waals surface area contributed by atoms with Gasteiger partial charge in [-0.05, 0) is 6.92 Å². The van der Waals surface area contributed by atoms with Crippen molar-refractivity contribution in [3.63, 3.8) is 0 Å². The molecule has 11 heteroatoms. The molecule has 0 aliphatic heterocycles. The van der Waals surface area contributed by atoms with Crippen LogP contribution in [0, 0.1) is 0 Å². The van der Waals surface area contributed by atoms with Crippen LogP contribution in [0.5, 0.6) is 0 Å². The zero-order valence-corrected chi connectivity index (χ0v) is 11.0. The number of carbonyl (C=O) groups is 2. The Morgan fingerprint density at radius 2 is 1.90 bits per heavy atom. The number of nitrogens with one attached hydrogen (secondary N) is 4. The standard InChI is InChI=1S/C10H12N8O3/c1-2-21-8(20)6(3-11-9-12-4-14-17-9)7(19)16-10-13-5-15-18-10/h3-5H,2H2,1H3,(H2,11,12,14,17)(H2,13,15,16,18,19)/b6-3-. The number of carbonyl (C=O) groups excluding carboxylic acids is 2. The van der Waals surface area contributed by atoms with E-state index in [0.717, 1.165) is 6.20 Å². The van der Waals surface area contributed by atoms with Crippen LogP contribution in [0.1, 0.15) is 6.92 Å². The van der Waals surface area contributed by atoms with Gasteiger partial charge in [-0.1, -0.05) is 0 Å². The smallest absolute Gasteiger partial charge is 0.345 e. The third-order valence-electron chi connectivity index (χ3n) is 2.16. The highest BCUT2D eigenvalue weighted by molar-refractivity contribution is 6.20. The van der Waals surface area contributed by atoms with E-state index in [-0.39, 0.29) is 24.1 Å². The molecule has 2 aromatic rings. The fourth-order valence-electron chi connectivity index (χ4n) is 1.28. The van der Waals surface area contributed by atoms with Crippen molar-refractivity contribution >= 4 is 23.8 Å². The van der Waals surface area contributed by atoms with Crippen LogP contribution >= 0.6 is 0 Å². The lowest BCUT2D eigenvalue weighted by molar-refractivity contribution is -0.139. The van der Waals surface area contributed by atoms with E-state index in [4.69, 9.17) is 4.74 Å². The molecule has 0 aliphatic rings. The number of aromatic nitrogens is 6. The predicted molar refractivity (Wildman–Crippen MR) is 69.7 cm³/mol. The molecule has 0 atom stereocenters. The van der Waals surface area contributed by atoms with Gasteiger partial charge >= 0.3 is 5.97 Å². The number of nitrogens with zero attached hydrogens (tertiary/aromatic N) is 4. The number of anilines is 2. The van der Waals surface area contributed by atoms with Crippen LogP contribution in [0.3, 0.4) is 0 Å². The van der Waals surface area contributed by atoms with Crippen LogP contribution in [0.15, 0.2) is 24.4 Å². The van der Waals surface area contributed by atoms with Crippen LogP contribution in [-0.2, 0) is 14.3 Å². The molecule has 2 rings (SSSR count). The number of amides is 1. The lowest BCUT2D eigenvalue weighted by Gasteiger charge is -2.06. The van der Waals surface area contributed by atoms with Crippen LogP contribution in [0.25, 0.3) is 0 Å². The molecule has 4 N–H and O–H groups in total. The van der Waals surface area contributed by atoms with Gasteiger partial charge in [-0.15, -0.1) is 0 Å². The lowest BCUT2D eigenvalue weighted by Crippen LogP contribution is -2.24. The Balaban J connectivity index is 2.12. The van der Waals surface area contributed by atoms with Gasteiger partial charge in [-0.2, -0.15) is 20.2 Å². The average molecular weight is 292 g/mol. The van der Waals surface area contributed by atoms with Crippen LogP contribution in [0.2, 0.25) is 0 Å². The molecule has 0 radical (unpaired) electrons. The van der Waals surface area contributed by atoms with E-state index < -0.39 is 11.9 Å². The molecule has 1 amide bonds. The molecule has 110 valence electrons. The summed E-state index contributed by atoms with van der Waals surface area (Å²) in [6.45, 7) is 1.77. The fourth-order valence-corrected chi connectivity index (χ4v) is 1.28. The second-order valence-electron chi connectivity index (χ2n) is 3.55. The molecule has 2 aromatic heterocycles. The van der Waals surface area contributed by atoms with Crippen molar-refractivity contribution in [1.29, 1.82) is 0 Å². The van der Waals surface area contributed by atoms with Crippen molar-refractivity contribution in [1.82, 2.24) is 30.4 Å². The Morgan fingerprint density at radius 3 is 2.48 bits per heavy atom. The number of hydrogen-bond acceptors (Lipinski definition) is 8. The monoisotopic (exact) mass is 292 g/mol. The third-order valence-corrected chi connectivity index (χ3v) is 2.16.